The molecule has 0 bridgehead atoms. The first-order valence-corrected chi connectivity index (χ1v) is 9.82. The number of hydrogen-bond donors (Lipinski definition) is 1. The van der Waals surface area contributed by atoms with Gasteiger partial charge in [0, 0.05) is 12.1 Å². The summed E-state index contributed by atoms with van der Waals surface area (Å²) in [5.74, 6) is -3.66. The molecule has 1 N–H and O–H groups in total. The fourth-order valence-corrected chi connectivity index (χ4v) is 3.61. The minimum absolute atomic E-state index is 0.150. The van der Waals surface area contributed by atoms with E-state index in [1.54, 1.807) is 6.92 Å². The highest BCUT2D eigenvalue weighted by Crippen LogP contribution is 2.32. The molecule has 0 aliphatic carbocycles. The van der Waals surface area contributed by atoms with Gasteiger partial charge in [-0.15, -0.1) is 11.8 Å². The molecule has 28 heavy (non-hydrogen) atoms. The van der Waals surface area contributed by atoms with Crippen molar-refractivity contribution < 1.29 is 27.5 Å². The molecule has 0 aromatic heterocycles. The number of carbonyl (C=O) groups excluding carboxylic acids is 2. The van der Waals surface area contributed by atoms with Gasteiger partial charge < -0.3 is 10.1 Å². The second-order valence-electron chi connectivity index (χ2n) is 6.85. The van der Waals surface area contributed by atoms with E-state index in [1.807, 2.05) is 6.92 Å². The summed E-state index contributed by atoms with van der Waals surface area (Å²) in [6.45, 7) is 6.52. The molecule has 9 heteroatoms. The zero-order valence-corrected chi connectivity index (χ0v) is 17.0. The molecule has 0 spiro atoms. The molecule has 0 unspecified atom stereocenters. The molecule has 1 aliphatic heterocycles. The predicted molar refractivity (Wildman–Crippen MR) is 102 cm³/mol. The topological polar surface area (TPSA) is 58.6 Å². The summed E-state index contributed by atoms with van der Waals surface area (Å²) in [7, 11) is 0. The number of rotatable bonds is 7. The Bertz CT molecular complexity index is 812. The Kier molecular flexibility index (Phi) is 7.03. The van der Waals surface area contributed by atoms with Gasteiger partial charge in [-0.1, -0.05) is 13.3 Å². The zero-order chi connectivity index (χ0) is 21.1. The summed E-state index contributed by atoms with van der Waals surface area (Å²) in [6.07, 6.45) is 1.90. The lowest BCUT2D eigenvalue weighted by molar-refractivity contribution is -0.148. The van der Waals surface area contributed by atoms with Gasteiger partial charge in [0.2, 0.25) is 5.91 Å². The fourth-order valence-electron chi connectivity index (χ4n) is 2.47. The number of nitrogens with zero attached hydrogens (tertiary/aromatic N) is 1. The predicted octanol–water partition coefficient (Wildman–Crippen LogP) is 4.40. The number of thioether (sulfide) groups is 1. The van der Waals surface area contributed by atoms with Crippen LogP contribution in [0.2, 0.25) is 0 Å². The Morgan fingerprint density at radius 3 is 2.54 bits per heavy atom. The number of benzene rings is 1. The van der Waals surface area contributed by atoms with Gasteiger partial charge in [-0.2, -0.15) is 0 Å². The minimum Gasteiger partial charge on any atom is -0.476 e. The Labute approximate surface area is 166 Å². The van der Waals surface area contributed by atoms with Gasteiger partial charge in [-0.05, 0) is 32.9 Å². The van der Waals surface area contributed by atoms with Crippen LogP contribution in [0.4, 0.5) is 18.9 Å². The lowest BCUT2D eigenvalue weighted by Gasteiger charge is -2.39. The number of unbranched alkanes of at least 4 members (excludes halogenated alkanes) is 1. The van der Waals surface area contributed by atoms with E-state index in [4.69, 9.17) is 4.74 Å². The SMILES string of the molecule is CCCCSC1=C(C)OCN(C(C)(C)C(=O)Nc2cc(F)c(F)cc2F)C1=O. The first kappa shape index (κ1) is 22.1. The first-order chi connectivity index (χ1) is 13.1. The van der Waals surface area contributed by atoms with Crippen LogP contribution >= 0.6 is 11.8 Å². The van der Waals surface area contributed by atoms with Crippen molar-refractivity contribution in [2.75, 3.05) is 17.8 Å². The summed E-state index contributed by atoms with van der Waals surface area (Å²) < 4.78 is 45.9. The third kappa shape index (κ3) is 4.63. The normalized spacial score (nSPS) is 15.0. The third-order valence-corrected chi connectivity index (χ3v) is 5.65. The van der Waals surface area contributed by atoms with Crippen molar-refractivity contribution in [3.63, 3.8) is 0 Å². The number of halogens is 3. The zero-order valence-electron chi connectivity index (χ0n) is 16.2. The van der Waals surface area contributed by atoms with E-state index in [-0.39, 0.29) is 12.6 Å². The molecule has 0 radical (unpaired) electrons. The van der Waals surface area contributed by atoms with Crippen molar-refractivity contribution in [1.29, 1.82) is 0 Å². The van der Waals surface area contributed by atoms with Gasteiger partial charge in [0.15, 0.2) is 18.4 Å². The molecule has 1 heterocycles. The van der Waals surface area contributed by atoms with Crippen LogP contribution in [0.3, 0.4) is 0 Å². The van der Waals surface area contributed by atoms with E-state index in [9.17, 15) is 22.8 Å². The standard InChI is InChI=1S/C19H23F3N2O3S/c1-5-6-7-28-16-11(2)27-10-24(17(16)25)19(3,4)18(26)23-15-9-13(21)12(20)8-14(15)22/h8-9H,5-7,10H2,1-4H3,(H,23,26). The maximum absolute atomic E-state index is 13.8. The number of hydrogen-bond acceptors (Lipinski definition) is 4. The van der Waals surface area contributed by atoms with Gasteiger partial charge in [0.05, 0.1) is 5.69 Å². The van der Waals surface area contributed by atoms with Crippen LogP contribution in [0.15, 0.2) is 22.8 Å². The summed E-state index contributed by atoms with van der Waals surface area (Å²) in [5.41, 5.74) is -1.93. The molecular formula is C19H23F3N2O3S. The molecule has 1 aromatic carbocycles. The van der Waals surface area contributed by atoms with Gasteiger partial charge in [-0.3, -0.25) is 14.5 Å². The molecule has 1 aliphatic rings. The average molecular weight is 416 g/mol. The largest absolute Gasteiger partial charge is 0.476 e. The summed E-state index contributed by atoms with van der Waals surface area (Å²) in [4.78, 5) is 27.3. The Balaban J connectivity index is 2.20. The van der Waals surface area contributed by atoms with Gasteiger partial charge in [0.1, 0.15) is 22.0 Å². The van der Waals surface area contributed by atoms with Gasteiger partial charge in [-0.25, -0.2) is 13.2 Å². The summed E-state index contributed by atoms with van der Waals surface area (Å²) in [6, 6.07) is 0.908. The molecule has 2 rings (SSSR count). The molecule has 0 atom stereocenters. The average Bonchev–Trinajstić information content (AvgIpc) is 2.62. The smallest absolute Gasteiger partial charge is 0.267 e. The Hall–Kier alpha value is -2.16. The first-order valence-electron chi connectivity index (χ1n) is 8.84. The molecule has 0 fully saturated rings. The van der Waals surface area contributed by atoms with Crippen LogP contribution in [0.25, 0.3) is 0 Å². The quantitative estimate of drug-likeness (QED) is 0.529. The van der Waals surface area contributed by atoms with E-state index in [0.717, 1.165) is 18.6 Å². The third-order valence-electron chi connectivity index (χ3n) is 4.40. The highest BCUT2D eigenvalue weighted by Gasteiger charge is 2.42. The number of amides is 2. The van der Waals surface area contributed by atoms with Crippen LogP contribution in [0.5, 0.6) is 0 Å². The van der Waals surface area contributed by atoms with E-state index < -0.39 is 34.6 Å². The number of ether oxygens (including phenoxy) is 1. The van der Waals surface area contributed by atoms with E-state index in [2.05, 4.69) is 5.32 Å². The Morgan fingerprint density at radius 2 is 1.89 bits per heavy atom. The van der Waals surface area contributed by atoms with Crippen molar-refractivity contribution in [3.05, 3.63) is 40.2 Å². The lowest BCUT2D eigenvalue weighted by atomic mass is 10.0. The van der Waals surface area contributed by atoms with Crippen LogP contribution in [0.1, 0.15) is 40.5 Å². The molecule has 5 nitrogen and oxygen atoms in total. The molecule has 154 valence electrons. The molecule has 2 amide bonds. The van der Waals surface area contributed by atoms with Crippen LogP contribution in [-0.4, -0.2) is 34.7 Å². The molecule has 0 saturated carbocycles. The summed E-state index contributed by atoms with van der Waals surface area (Å²) in [5, 5.41) is 2.22. The van der Waals surface area contributed by atoms with Crippen LogP contribution in [0, 0.1) is 17.5 Å². The minimum atomic E-state index is -1.42. The molecule has 1 aromatic rings. The van der Waals surface area contributed by atoms with Crippen molar-refractivity contribution in [1.82, 2.24) is 4.90 Å². The number of anilines is 1. The molecule has 0 saturated heterocycles. The van der Waals surface area contributed by atoms with E-state index >= 15 is 0 Å². The van der Waals surface area contributed by atoms with Gasteiger partial charge >= 0.3 is 0 Å². The monoisotopic (exact) mass is 416 g/mol. The fraction of sp³-hybridized carbons (Fsp3) is 0.474. The van der Waals surface area contributed by atoms with Crippen LogP contribution < -0.4 is 5.32 Å². The second-order valence-corrected chi connectivity index (χ2v) is 7.96. The van der Waals surface area contributed by atoms with Crippen LogP contribution in [-0.2, 0) is 14.3 Å². The number of carbonyl (C=O) groups is 2. The second kappa shape index (κ2) is 8.89. The van der Waals surface area contributed by atoms with Crippen molar-refractivity contribution in [2.45, 2.75) is 46.1 Å². The highest BCUT2D eigenvalue weighted by molar-refractivity contribution is 8.04. The summed E-state index contributed by atoms with van der Waals surface area (Å²) >= 11 is 1.36. The number of allylic oxidation sites excluding steroid dienone is 1. The maximum Gasteiger partial charge on any atom is 0.267 e. The Morgan fingerprint density at radius 1 is 1.25 bits per heavy atom. The molecular weight excluding hydrogens is 393 g/mol. The lowest BCUT2D eigenvalue weighted by Crippen LogP contribution is -2.57. The van der Waals surface area contributed by atoms with E-state index in [1.165, 1.54) is 30.5 Å². The van der Waals surface area contributed by atoms with Crippen molar-refractivity contribution >= 4 is 29.3 Å². The van der Waals surface area contributed by atoms with Crippen molar-refractivity contribution in [2.24, 2.45) is 0 Å². The van der Waals surface area contributed by atoms with E-state index in [0.29, 0.717) is 22.8 Å². The van der Waals surface area contributed by atoms with Gasteiger partial charge in [0.25, 0.3) is 5.91 Å². The van der Waals surface area contributed by atoms with Crippen molar-refractivity contribution in [3.8, 4) is 0 Å². The maximum atomic E-state index is 13.8. The highest BCUT2D eigenvalue weighted by atomic mass is 32.2. The number of nitrogens with one attached hydrogen (secondary N) is 1.